The Morgan fingerprint density at radius 3 is 3.00 bits per heavy atom. The first-order valence-electron chi connectivity index (χ1n) is 7.83. The molecule has 3 aromatic rings. The molecule has 4 rings (SSSR count). The molecule has 0 radical (unpaired) electrons. The lowest BCUT2D eigenvalue weighted by Crippen LogP contribution is -2.38. The Bertz CT molecular complexity index is 814. The van der Waals surface area contributed by atoms with E-state index in [0.29, 0.717) is 6.61 Å². The van der Waals surface area contributed by atoms with Crippen LogP contribution >= 0.6 is 11.3 Å². The average molecular weight is 325 g/mol. The molecule has 1 aromatic heterocycles. The lowest BCUT2D eigenvalue weighted by molar-refractivity contribution is -0.0491. The van der Waals surface area contributed by atoms with E-state index in [2.05, 4.69) is 47.1 Å². The van der Waals surface area contributed by atoms with Crippen LogP contribution in [-0.2, 0) is 11.3 Å². The molecule has 4 heteroatoms. The Morgan fingerprint density at radius 1 is 1.17 bits per heavy atom. The van der Waals surface area contributed by atoms with E-state index in [1.54, 1.807) is 11.3 Å². The van der Waals surface area contributed by atoms with Crippen LogP contribution < -0.4 is 10.1 Å². The fourth-order valence-electron chi connectivity index (χ4n) is 3.13. The van der Waals surface area contributed by atoms with Crippen LogP contribution in [0.1, 0.15) is 17.2 Å². The maximum absolute atomic E-state index is 6.46. The molecule has 2 atom stereocenters. The summed E-state index contributed by atoms with van der Waals surface area (Å²) in [6.07, 6.45) is -0.0924. The molecule has 2 aromatic carbocycles. The van der Waals surface area contributed by atoms with E-state index in [1.165, 1.54) is 21.2 Å². The number of hydrogen-bond acceptors (Lipinski definition) is 4. The number of thiophene rings is 1. The molecule has 118 valence electrons. The quantitative estimate of drug-likeness (QED) is 0.782. The van der Waals surface area contributed by atoms with Crippen LogP contribution in [-0.4, -0.2) is 19.7 Å². The molecular formula is C19H19NO2S. The van der Waals surface area contributed by atoms with Crippen LogP contribution in [0.2, 0.25) is 0 Å². The molecule has 0 aliphatic carbocycles. The minimum Gasteiger partial charge on any atom is -0.481 e. The van der Waals surface area contributed by atoms with Gasteiger partial charge in [-0.3, -0.25) is 0 Å². The van der Waals surface area contributed by atoms with Crippen molar-refractivity contribution in [3.05, 3.63) is 65.0 Å². The van der Waals surface area contributed by atoms with Gasteiger partial charge in [-0.25, -0.2) is 0 Å². The zero-order chi connectivity index (χ0) is 15.6. The van der Waals surface area contributed by atoms with E-state index in [0.717, 1.165) is 12.3 Å². The molecule has 0 saturated heterocycles. The van der Waals surface area contributed by atoms with Gasteiger partial charge in [0.1, 0.15) is 11.9 Å². The number of hydrogen-bond donors (Lipinski definition) is 1. The molecule has 0 bridgehead atoms. The van der Waals surface area contributed by atoms with Crippen molar-refractivity contribution < 1.29 is 9.47 Å². The van der Waals surface area contributed by atoms with Crippen molar-refractivity contribution in [2.24, 2.45) is 0 Å². The van der Waals surface area contributed by atoms with Crippen LogP contribution in [0.25, 0.3) is 10.1 Å². The summed E-state index contributed by atoms with van der Waals surface area (Å²) >= 11 is 1.72. The molecule has 0 spiro atoms. The predicted octanol–water partition coefficient (Wildman–Crippen LogP) is 4.14. The third kappa shape index (κ3) is 2.74. The molecule has 0 unspecified atom stereocenters. The van der Waals surface area contributed by atoms with Gasteiger partial charge in [-0.2, -0.15) is 0 Å². The highest BCUT2D eigenvalue weighted by molar-refractivity contribution is 7.17. The topological polar surface area (TPSA) is 30.5 Å². The largest absolute Gasteiger partial charge is 0.481 e. The zero-order valence-corrected chi connectivity index (χ0v) is 13.8. The molecule has 2 heterocycles. The monoisotopic (exact) mass is 325 g/mol. The standard InChI is InChI=1S/C19H19NO2S/c1-20-11-17-18(15-7-3-2-5-14(15)12-21-17)22-16-8-4-6-13-9-10-23-19(13)16/h2-10,17-18,20H,11-12H2,1H3/t17-,18+/m0/s1. The van der Waals surface area contributed by atoms with Crippen molar-refractivity contribution in [3.8, 4) is 5.75 Å². The second-order valence-electron chi connectivity index (χ2n) is 5.74. The van der Waals surface area contributed by atoms with Gasteiger partial charge in [0.15, 0.2) is 6.10 Å². The molecule has 0 amide bonds. The molecule has 1 aliphatic heterocycles. The maximum atomic E-state index is 6.46. The lowest BCUT2D eigenvalue weighted by atomic mass is 9.96. The van der Waals surface area contributed by atoms with Gasteiger partial charge in [-0.05, 0) is 35.5 Å². The number of rotatable bonds is 4. The molecule has 1 aliphatic rings. The van der Waals surface area contributed by atoms with E-state index in [1.807, 2.05) is 19.2 Å². The van der Waals surface area contributed by atoms with Crippen molar-refractivity contribution in [1.82, 2.24) is 5.32 Å². The molecule has 0 fully saturated rings. The van der Waals surface area contributed by atoms with Gasteiger partial charge in [0.05, 0.1) is 11.3 Å². The smallest absolute Gasteiger partial charge is 0.151 e. The van der Waals surface area contributed by atoms with Crippen molar-refractivity contribution in [3.63, 3.8) is 0 Å². The molecule has 0 saturated carbocycles. The first-order valence-corrected chi connectivity index (χ1v) is 8.71. The number of benzene rings is 2. The van der Waals surface area contributed by atoms with Crippen LogP contribution in [0.3, 0.4) is 0 Å². The maximum Gasteiger partial charge on any atom is 0.151 e. The van der Waals surface area contributed by atoms with Crippen LogP contribution in [0.4, 0.5) is 0 Å². The predicted molar refractivity (Wildman–Crippen MR) is 94.1 cm³/mol. The second-order valence-corrected chi connectivity index (χ2v) is 6.66. The van der Waals surface area contributed by atoms with Gasteiger partial charge in [0, 0.05) is 12.1 Å². The summed E-state index contributed by atoms with van der Waals surface area (Å²) < 4.78 is 13.7. The number of likely N-dealkylation sites (N-methyl/N-ethyl adjacent to an activating group) is 1. The van der Waals surface area contributed by atoms with Gasteiger partial charge in [0.2, 0.25) is 0 Å². The summed E-state index contributed by atoms with van der Waals surface area (Å²) in [4.78, 5) is 0. The fraction of sp³-hybridized carbons (Fsp3) is 0.263. The van der Waals surface area contributed by atoms with Crippen molar-refractivity contribution in [1.29, 1.82) is 0 Å². The third-order valence-corrected chi connectivity index (χ3v) is 5.20. The molecule has 3 nitrogen and oxygen atoms in total. The van der Waals surface area contributed by atoms with Crippen molar-refractivity contribution in [2.75, 3.05) is 13.6 Å². The molecule has 23 heavy (non-hydrogen) atoms. The normalized spacial score (nSPS) is 20.4. The van der Waals surface area contributed by atoms with Gasteiger partial charge < -0.3 is 14.8 Å². The van der Waals surface area contributed by atoms with Crippen molar-refractivity contribution >= 4 is 21.4 Å². The lowest BCUT2D eigenvalue weighted by Gasteiger charge is -2.34. The van der Waals surface area contributed by atoms with E-state index in [9.17, 15) is 0 Å². The Balaban J connectivity index is 1.73. The first kappa shape index (κ1) is 14.7. The van der Waals surface area contributed by atoms with E-state index >= 15 is 0 Å². The van der Waals surface area contributed by atoms with E-state index in [4.69, 9.17) is 9.47 Å². The van der Waals surface area contributed by atoms with Crippen LogP contribution in [0.15, 0.2) is 53.9 Å². The SMILES string of the molecule is CNC[C@@H]1OCc2ccccc2[C@H]1Oc1cccc2ccsc12. The number of nitrogens with one attached hydrogen (secondary N) is 1. The van der Waals surface area contributed by atoms with E-state index in [-0.39, 0.29) is 12.2 Å². The zero-order valence-electron chi connectivity index (χ0n) is 13.0. The molecular weight excluding hydrogens is 306 g/mol. The summed E-state index contributed by atoms with van der Waals surface area (Å²) in [6.45, 7) is 1.41. The van der Waals surface area contributed by atoms with Gasteiger partial charge in [-0.15, -0.1) is 11.3 Å². The van der Waals surface area contributed by atoms with Gasteiger partial charge in [0.25, 0.3) is 0 Å². The second kappa shape index (κ2) is 6.32. The summed E-state index contributed by atoms with van der Waals surface area (Å²) in [6, 6.07) is 16.7. The van der Waals surface area contributed by atoms with Crippen LogP contribution in [0.5, 0.6) is 5.75 Å². The van der Waals surface area contributed by atoms with E-state index < -0.39 is 0 Å². The minimum absolute atomic E-state index is 0.00474. The minimum atomic E-state index is -0.0971. The average Bonchev–Trinajstić information content (AvgIpc) is 3.07. The highest BCUT2D eigenvalue weighted by Crippen LogP contribution is 2.37. The number of fused-ring (bicyclic) bond motifs is 2. The fourth-order valence-corrected chi connectivity index (χ4v) is 3.98. The van der Waals surface area contributed by atoms with Crippen molar-refractivity contribution in [2.45, 2.75) is 18.8 Å². The summed E-state index contributed by atoms with van der Waals surface area (Å²) in [5.41, 5.74) is 2.44. The Kier molecular flexibility index (Phi) is 4.04. The van der Waals surface area contributed by atoms with Gasteiger partial charge >= 0.3 is 0 Å². The Morgan fingerprint density at radius 2 is 2.09 bits per heavy atom. The van der Waals surface area contributed by atoms with Crippen LogP contribution in [0, 0.1) is 0 Å². The summed E-state index contributed by atoms with van der Waals surface area (Å²) in [7, 11) is 1.95. The summed E-state index contributed by atoms with van der Waals surface area (Å²) in [5, 5.41) is 6.54. The highest BCUT2D eigenvalue weighted by atomic mass is 32.1. The van der Waals surface area contributed by atoms with Gasteiger partial charge in [-0.1, -0.05) is 36.4 Å². The Hall–Kier alpha value is -1.88. The molecule has 1 N–H and O–H groups in total. The Labute approximate surface area is 139 Å². The summed E-state index contributed by atoms with van der Waals surface area (Å²) in [5.74, 6) is 0.934. The number of ether oxygens (including phenoxy) is 2. The first-order chi connectivity index (χ1) is 11.4. The third-order valence-electron chi connectivity index (χ3n) is 4.25. The highest BCUT2D eigenvalue weighted by Gasteiger charge is 2.32.